The van der Waals surface area contributed by atoms with E-state index < -0.39 is 0 Å². The molecule has 0 aliphatic heterocycles. The number of hydrogen-bond acceptors (Lipinski definition) is 4. The molecule has 2 N–H and O–H groups in total. The maximum atomic E-state index is 5.57. The van der Waals surface area contributed by atoms with Gasteiger partial charge in [-0.05, 0) is 6.92 Å². The van der Waals surface area contributed by atoms with Crippen LogP contribution in [0.3, 0.4) is 0 Å². The summed E-state index contributed by atoms with van der Waals surface area (Å²) in [7, 11) is 1.88. The summed E-state index contributed by atoms with van der Waals surface area (Å²) in [5, 5.41) is 4.23. The van der Waals surface area contributed by atoms with Gasteiger partial charge in [-0.1, -0.05) is 0 Å². The van der Waals surface area contributed by atoms with Gasteiger partial charge in [-0.3, -0.25) is 4.68 Å². The topological polar surface area (TPSA) is 69.6 Å². The molecule has 0 saturated carbocycles. The van der Waals surface area contributed by atoms with Crippen LogP contribution in [0.2, 0.25) is 0 Å². The minimum absolute atomic E-state index is 0.471. The van der Waals surface area contributed by atoms with E-state index in [4.69, 9.17) is 5.73 Å². The molecule has 0 radical (unpaired) electrons. The zero-order valence-electron chi connectivity index (χ0n) is 8.10. The summed E-state index contributed by atoms with van der Waals surface area (Å²) in [5.74, 6) is 0.471. The second-order valence-electron chi connectivity index (χ2n) is 3.13. The zero-order chi connectivity index (χ0) is 10.1. The molecule has 0 bridgehead atoms. The highest BCUT2D eigenvalue weighted by Gasteiger charge is 2.07. The molecule has 0 aliphatic carbocycles. The van der Waals surface area contributed by atoms with Crippen molar-refractivity contribution in [3.63, 3.8) is 0 Å². The van der Waals surface area contributed by atoms with Gasteiger partial charge in [0.2, 0.25) is 0 Å². The predicted molar refractivity (Wildman–Crippen MR) is 53.4 cm³/mol. The number of nitrogen functional groups attached to an aromatic ring is 1. The third-order valence-electron chi connectivity index (χ3n) is 1.98. The third kappa shape index (κ3) is 1.44. The van der Waals surface area contributed by atoms with Crippen LogP contribution in [0.4, 0.5) is 5.82 Å². The van der Waals surface area contributed by atoms with Gasteiger partial charge in [0.05, 0.1) is 11.4 Å². The van der Waals surface area contributed by atoms with E-state index in [1.54, 1.807) is 10.7 Å². The van der Waals surface area contributed by atoms with Crippen molar-refractivity contribution in [1.29, 1.82) is 0 Å². The highest BCUT2D eigenvalue weighted by molar-refractivity contribution is 5.62. The quantitative estimate of drug-likeness (QED) is 0.719. The van der Waals surface area contributed by atoms with Crippen molar-refractivity contribution in [2.45, 2.75) is 6.92 Å². The van der Waals surface area contributed by atoms with Crippen LogP contribution in [0.15, 0.2) is 18.6 Å². The van der Waals surface area contributed by atoms with E-state index in [0.717, 1.165) is 17.0 Å². The fraction of sp³-hybridized carbons (Fsp3) is 0.222. The Morgan fingerprint density at radius 2 is 2.14 bits per heavy atom. The van der Waals surface area contributed by atoms with Crippen molar-refractivity contribution >= 4 is 5.82 Å². The largest absolute Gasteiger partial charge is 0.384 e. The minimum Gasteiger partial charge on any atom is -0.384 e. The van der Waals surface area contributed by atoms with Crippen LogP contribution in [0.5, 0.6) is 0 Å². The molecule has 0 amide bonds. The minimum atomic E-state index is 0.471. The van der Waals surface area contributed by atoms with Crippen LogP contribution >= 0.6 is 0 Å². The lowest BCUT2D eigenvalue weighted by Gasteiger charge is -1.97. The second kappa shape index (κ2) is 3.10. The lowest BCUT2D eigenvalue weighted by atomic mass is 10.2. The third-order valence-corrected chi connectivity index (χ3v) is 1.98. The lowest BCUT2D eigenvalue weighted by molar-refractivity contribution is 0.756. The van der Waals surface area contributed by atoms with Gasteiger partial charge in [0.15, 0.2) is 0 Å². The first-order valence-corrected chi connectivity index (χ1v) is 4.25. The van der Waals surface area contributed by atoms with Gasteiger partial charge in [0, 0.05) is 24.9 Å². The van der Waals surface area contributed by atoms with E-state index in [0.29, 0.717) is 5.82 Å². The molecule has 5 heteroatoms. The number of anilines is 1. The summed E-state index contributed by atoms with van der Waals surface area (Å²) in [4.78, 5) is 7.98. The Kier molecular flexibility index (Phi) is 1.92. The Balaban J connectivity index is 2.54. The average Bonchev–Trinajstić information content (AvgIpc) is 2.45. The first kappa shape index (κ1) is 8.68. The van der Waals surface area contributed by atoms with Crippen molar-refractivity contribution in [2.75, 3.05) is 5.73 Å². The molecule has 2 aromatic heterocycles. The van der Waals surface area contributed by atoms with Gasteiger partial charge in [0.1, 0.15) is 12.1 Å². The van der Waals surface area contributed by atoms with Gasteiger partial charge in [0.25, 0.3) is 0 Å². The van der Waals surface area contributed by atoms with Crippen molar-refractivity contribution in [3.05, 3.63) is 24.3 Å². The SMILES string of the molecule is Cc1nn(C)cc1-c1cc(N)ncn1. The molecule has 2 heterocycles. The first-order chi connectivity index (χ1) is 6.66. The number of nitrogens with two attached hydrogens (primary N) is 1. The van der Waals surface area contributed by atoms with Gasteiger partial charge < -0.3 is 5.73 Å². The average molecular weight is 189 g/mol. The molecule has 0 unspecified atom stereocenters. The molecule has 0 aliphatic rings. The van der Waals surface area contributed by atoms with Crippen LogP contribution in [-0.4, -0.2) is 19.7 Å². The van der Waals surface area contributed by atoms with E-state index in [2.05, 4.69) is 15.1 Å². The van der Waals surface area contributed by atoms with Gasteiger partial charge in [-0.15, -0.1) is 0 Å². The van der Waals surface area contributed by atoms with E-state index in [-0.39, 0.29) is 0 Å². The van der Waals surface area contributed by atoms with Crippen LogP contribution in [-0.2, 0) is 7.05 Å². The van der Waals surface area contributed by atoms with Crippen molar-refractivity contribution in [3.8, 4) is 11.3 Å². The van der Waals surface area contributed by atoms with Crippen LogP contribution in [0.1, 0.15) is 5.69 Å². The normalized spacial score (nSPS) is 10.4. The molecule has 0 fully saturated rings. The molecule has 0 saturated heterocycles. The smallest absolute Gasteiger partial charge is 0.127 e. The van der Waals surface area contributed by atoms with Crippen molar-refractivity contribution < 1.29 is 0 Å². The van der Waals surface area contributed by atoms with E-state index in [1.165, 1.54) is 6.33 Å². The summed E-state index contributed by atoms with van der Waals surface area (Å²) in [6.07, 6.45) is 3.37. The Morgan fingerprint density at radius 3 is 2.71 bits per heavy atom. The van der Waals surface area contributed by atoms with Crippen LogP contribution < -0.4 is 5.73 Å². The molecule has 0 aromatic carbocycles. The fourth-order valence-corrected chi connectivity index (χ4v) is 1.37. The molecule has 72 valence electrons. The molecular weight excluding hydrogens is 178 g/mol. The molecule has 14 heavy (non-hydrogen) atoms. The number of nitrogens with zero attached hydrogens (tertiary/aromatic N) is 4. The van der Waals surface area contributed by atoms with Crippen molar-refractivity contribution in [1.82, 2.24) is 19.7 Å². The monoisotopic (exact) mass is 189 g/mol. The lowest BCUT2D eigenvalue weighted by Crippen LogP contribution is -1.92. The molecular formula is C9H11N5. The van der Waals surface area contributed by atoms with Crippen LogP contribution in [0, 0.1) is 6.92 Å². The molecule has 0 spiro atoms. The van der Waals surface area contributed by atoms with Crippen molar-refractivity contribution in [2.24, 2.45) is 7.05 Å². The van der Waals surface area contributed by atoms with E-state index >= 15 is 0 Å². The summed E-state index contributed by atoms with van der Waals surface area (Å²) in [5.41, 5.74) is 8.31. The Labute approximate surface area is 81.6 Å². The zero-order valence-corrected chi connectivity index (χ0v) is 8.10. The fourth-order valence-electron chi connectivity index (χ4n) is 1.37. The molecule has 2 rings (SSSR count). The predicted octanol–water partition coefficient (Wildman–Crippen LogP) is 0.768. The number of hydrogen-bond donors (Lipinski definition) is 1. The molecule has 2 aromatic rings. The molecule has 5 nitrogen and oxygen atoms in total. The highest BCUT2D eigenvalue weighted by Crippen LogP contribution is 2.20. The number of aromatic nitrogens is 4. The Bertz CT molecular complexity index is 460. The Hall–Kier alpha value is -1.91. The first-order valence-electron chi connectivity index (χ1n) is 4.25. The number of rotatable bonds is 1. The van der Waals surface area contributed by atoms with Crippen LogP contribution in [0.25, 0.3) is 11.3 Å². The van der Waals surface area contributed by atoms with Gasteiger partial charge >= 0.3 is 0 Å². The second-order valence-corrected chi connectivity index (χ2v) is 3.13. The Morgan fingerprint density at radius 1 is 1.36 bits per heavy atom. The standard InChI is InChI=1S/C9H11N5/c1-6-7(4-14(2)13-6)8-3-9(10)12-5-11-8/h3-5H,1-2H3,(H2,10,11,12). The van der Waals surface area contributed by atoms with Gasteiger partial charge in [-0.25, -0.2) is 9.97 Å². The summed E-state index contributed by atoms with van der Waals surface area (Å²) in [6, 6.07) is 1.74. The maximum absolute atomic E-state index is 5.57. The van der Waals surface area contributed by atoms with Gasteiger partial charge in [-0.2, -0.15) is 5.10 Å². The van der Waals surface area contributed by atoms with E-state index in [1.807, 2.05) is 20.2 Å². The molecule has 0 atom stereocenters. The summed E-state index contributed by atoms with van der Waals surface area (Å²) in [6.45, 7) is 1.94. The van der Waals surface area contributed by atoms with E-state index in [9.17, 15) is 0 Å². The summed E-state index contributed by atoms with van der Waals surface area (Å²) >= 11 is 0. The highest BCUT2D eigenvalue weighted by atomic mass is 15.2. The maximum Gasteiger partial charge on any atom is 0.127 e. The summed E-state index contributed by atoms with van der Waals surface area (Å²) < 4.78 is 1.75. The number of aryl methyl sites for hydroxylation is 2.